The van der Waals surface area contributed by atoms with Gasteiger partial charge in [0.05, 0.1) is 20.3 Å². The molecule has 0 radical (unpaired) electrons. The molecule has 0 aliphatic heterocycles. The molecule has 3 rings (SSSR count). The highest BCUT2D eigenvalue weighted by atomic mass is 16.5. The van der Waals surface area contributed by atoms with Crippen molar-refractivity contribution in [3.05, 3.63) is 58.7 Å². The van der Waals surface area contributed by atoms with Gasteiger partial charge in [-0.15, -0.1) is 0 Å². The van der Waals surface area contributed by atoms with Gasteiger partial charge in [0.15, 0.2) is 11.5 Å². The standard InChI is InChI=1S/C23H31NO3/c1-5-24(15-21(25)17-8-6-16(2)7-9-17)20-11-10-18-13-22(26-3)23(27-4)14-19(18)12-20/h6-9,13-14,20-21,25H,5,10-12,15H2,1-4H3. The Bertz CT molecular complexity index is 757. The van der Waals surface area contributed by atoms with Crippen LogP contribution in [0.3, 0.4) is 0 Å². The third kappa shape index (κ3) is 4.45. The molecule has 1 aliphatic carbocycles. The first kappa shape index (κ1) is 19.7. The van der Waals surface area contributed by atoms with Crippen LogP contribution in [0.4, 0.5) is 0 Å². The third-order valence-electron chi connectivity index (χ3n) is 5.70. The van der Waals surface area contributed by atoms with Gasteiger partial charge < -0.3 is 14.6 Å². The first-order valence-electron chi connectivity index (χ1n) is 9.78. The lowest BCUT2D eigenvalue weighted by atomic mass is 9.86. The lowest BCUT2D eigenvalue weighted by Gasteiger charge is -2.36. The Morgan fingerprint density at radius 1 is 1.07 bits per heavy atom. The number of benzene rings is 2. The van der Waals surface area contributed by atoms with Crippen molar-refractivity contribution in [3.63, 3.8) is 0 Å². The second kappa shape index (κ2) is 8.77. The molecule has 0 bridgehead atoms. The zero-order valence-corrected chi connectivity index (χ0v) is 16.9. The minimum Gasteiger partial charge on any atom is -0.493 e. The Morgan fingerprint density at radius 2 is 1.70 bits per heavy atom. The lowest BCUT2D eigenvalue weighted by Crippen LogP contribution is -2.41. The van der Waals surface area contributed by atoms with Gasteiger partial charge in [-0.05, 0) is 61.6 Å². The number of likely N-dealkylation sites (N-methyl/N-ethyl adjacent to an activating group) is 1. The molecule has 1 aliphatic rings. The molecule has 1 N–H and O–H groups in total. The number of methoxy groups -OCH3 is 2. The molecule has 0 saturated heterocycles. The van der Waals surface area contributed by atoms with E-state index < -0.39 is 6.10 Å². The van der Waals surface area contributed by atoms with Gasteiger partial charge in [-0.3, -0.25) is 4.90 Å². The molecule has 0 heterocycles. The number of aliphatic hydroxyl groups excluding tert-OH is 1. The van der Waals surface area contributed by atoms with Crippen LogP contribution < -0.4 is 9.47 Å². The molecule has 146 valence electrons. The Morgan fingerprint density at radius 3 is 2.30 bits per heavy atom. The van der Waals surface area contributed by atoms with E-state index in [0.29, 0.717) is 12.6 Å². The molecule has 2 unspecified atom stereocenters. The molecule has 0 saturated carbocycles. The molecule has 4 heteroatoms. The van der Waals surface area contributed by atoms with Crippen LogP contribution in [-0.4, -0.2) is 43.4 Å². The molecule has 0 amide bonds. The monoisotopic (exact) mass is 369 g/mol. The van der Waals surface area contributed by atoms with Crippen LogP contribution in [-0.2, 0) is 12.8 Å². The number of ether oxygens (including phenoxy) is 2. The summed E-state index contributed by atoms with van der Waals surface area (Å²) in [4.78, 5) is 2.41. The summed E-state index contributed by atoms with van der Waals surface area (Å²) >= 11 is 0. The van der Waals surface area contributed by atoms with Crippen molar-refractivity contribution in [1.82, 2.24) is 4.90 Å². The Balaban J connectivity index is 1.73. The van der Waals surface area contributed by atoms with Crippen LogP contribution in [0.5, 0.6) is 11.5 Å². The minimum absolute atomic E-state index is 0.431. The maximum absolute atomic E-state index is 10.7. The summed E-state index contributed by atoms with van der Waals surface area (Å²) in [5, 5.41) is 10.7. The fourth-order valence-corrected chi connectivity index (χ4v) is 4.03. The minimum atomic E-state index is -0.461. The van der Waals surface area contributed by atoms with Gasteiger partial charge in [0, 0.05) is 12.6 Å². The van der Waals surface area contributed by atoms with Crippen LogP contribution in [0.25, 0.3) is 0 Å². The summed E-state index contributed by atoms with van der Waals surface area (Å²) in [7, 11) is 3.36. The molecular weight excluding hydrogens is 338 g/mol. The van der Waals surface area contributed by atoms with E-state index >= 15 is 0 Å². The SMILES string of the molecule is CCN(CC(O)c1ccc(C)cc1)C1CCc2cc(OC)c(OC)cc2C1. The quantitative estimate of drug-likeness (QED) is 0.803. The highest BCUT2D eigenvalue weighted by Crippen LogP contribution is 2.35. The van der Waals surface area contributed by atoms with E-state index in [9.17, 15) is 5.11 Å². The predicted octanol–water partition coefficient (Wildman–Crippen LogP) is 3.93. The van der Waals surface area contributed by atoms with Crippen molar-refractivity contribution in [3.8, 4) is 11.5 Å². The second-order valence-corrected chi connectivity index (χ2v) is 7.39. The maximum atomic E-state index is 10.7. The fraction of sp³-hybridized carbons (Fsp3) is 0.478. The summed E-state index contributed by atoms with van der Waals surface area (Å²) < 4.78 is 10.9. The summed E-state index contributed by atoms with van der Waals surface area (Å²) in [6, 6.07) is 12.8. The highest BCUT2D eigenvalue weighted by molar-refractivity contribution is 5.48. The third-order valence-corrected chi connectivity index (χ3v) is 5.70. The molecule has 0 aromatic heterocycles. The van der Waals surface area contributed by atoms with Crippen LogP contribution >= 0.6 is 0 Å². The van der Waals surface area contributed by atoms with E-state index in [0.717, 1.165) is 42.9 Å². The molecule has 27 heavy (non-hydrogen) atoms. The van der Waals surface area contributed by atoms with Gasteiger partial charge in [-0.25, -0.2) is 0 Å². The average molecular weight is 370 g/mol. The summed E-state index contributed by atoms with van der Waals surface area (Å²) in [5.41, 5.74) is 4.87. The number of fused-ring (bicyclic) bond motifs is 1. The summed E-state index contributed by atoms with van der Waals surface area (Å²) in [6.07, 6.45) is 2.64. The predicted molar refractivity (Wildman–Crippen MR) is 109 cm³/mol. The van der Waals surface area contributed by atoms with Crippen molar-refractivity contribution >= 4 is 0 Å². The molecule has 2 atom stereocenters. The van der Waals surface area contributed by atoms with Crippen LogP contribution in [0.15, 0.2) is 36.4 Å². The maximum Gasteiger partial charge on any atom is 0.161 e. The van der Waals surface area contributed by atoms with Crippen LogP contribution in [0.2, 0.25) is 0 Å². The Hall–Kier alpha value is -2.04. The van der Waals surface area contributed by atoms with Gasteiger partial charge in [-0.1, -0.05) is 36.8 Å². The van der Waals surface area contributed by atoms with Crippen molar-refractivity contribution in [2.24, 2.45) is 0 Å². The van der Waals surface area contributed by atoms with E-state index in [4.69, 9.17) is 9.47 Å². The van der Waals surface area contributed by atoms with Crippen molar-refractivity contribution in [1.29, 1.82) is 0 Å². The van der Waals surface area contributed by atoms with E-state index in [1.165, 1.54) is 16.7 Å². The molecule has 2 aromatic rings. The van der Waals surface area contributed by atoms with Gasteiger partial charge >= 0.3 is 0 Å². The normalized spacial score (nSPS) is 17.5. The Kier molecular flexibility index (Phi) is 6.40. The fourth-order valence-electron chi connectivity index (χ4n) is 4.03. The molecule has 2 aromatic carbocycles. The largest absolute Gasteiger partial charge is 0.493 e. The van der Waals surface area contributed by atoms with Crippen LogP contribution in [0.1, 0.15) is 41.7 Å². The molecule has 0 spiro atoms. The van der Waals surface area contributed by atoms with E-state index in [1.807, 2.05) is 12.1 Å². The Labute approximate surface area is 162 Å². The van der Waals surface area contributed by atoms with Gasteiger partial charge in [0.2, 0.25) is 0 Å². The first-order chi connectivity index (χ1) is 13.0. The summed E-state index contributed by atoms with van der Waals surface area (Å²) in [6.45, 7) is 5.83. The van der Waals surface area contributed by atoms with E-state index in [-0.39, 0.29) is 0 Å². The zero-order valence-electron chi connectivity index (χ0n) is 16.9. The van der Waals surface area contributed by atoms with Crippen molar-refractivity contribution in [2.75, 3.05) is 27.3 Å². The van der Waals surface area contributed by atoms with Crippen molar-refractivity contribution < 1.29 is 14.6 Å². The van der Waals surface area contributed by atoms with E-state index in [1.54, 1.807) is 14.2 Å². The smallest absolute Gasteiger partial charge is 0.161 e. The number of aryl methyl sites for hydroxylation is 2. The zero-order chi connectivity index (χ0) is 19.4. The van der Waals surface area contributed by atoms with E-state index in [2.05, 4.69) is 43.0 Å². The van der Waals surface area contributed by atoms with Crippen LogP contribution in [0, 0.1) is 6.92 Å². The molecule has 0 fully saturated rings. The summed E-state index contributed by atoms with van der Waals surface area (Å²) in [5.74, 6) is 1.59. The average Bonchev–Trinajstić information content (AvgIpc) is 2.70. The van der Waals surface area contributed by atoms with Gasteiger partial charge in [0.1, 0.15) is 0 Å². The number of hydrogen-bond acceptors (Lipinski definition) is 4. The van der Waals surface area contributed by atoms with Crippen molar-refractivity contribution in [2.45, 2.75) is 45.3 Å². The molecular formula is C23H31NO3. The number of hydrogen-bond donors (Lipinski definition) is 1. The number of aliphatic hydroxyl groups is 1. The van der Waals surface area contributed by atoms with Gasteiger partial charge in [0.25, 0.3) is 0 Å². The first-order valence-corrected chi connectivity index (χ1v) is 9.78. The molecule has 4 nitrogen and oxygen atoms in total. The number of nitrogens with zero attached hydrogens (tertiary/aromatic N) is 1. The van der Waals surface area contributed by atoms with Gasteiger partial charge in [-0.2, -0.15) is 0 Å². The highest BCUT2D eigenvalue weighted by Gasteiger charge is 2.26. The topological polar surface area (TPSA) is 41.9 Å². The lowest BCUT2D eigenvalue weighted by molar-refractivity contribution is 0.0850. The number of rotatable bonds is 7. The second-order valence-electron chi connectivity index (χ2n) is 7.39.